The molecule has 1 aliphatic rings. The molecular weight excluding hydrogens is 343 g/mol. The third-order valence-electron chi connectivity index (χ3n) is 4.66. The number of likely N-dealkylation sites (tertiary alicyclic amines) is 1. The molecule has 3 rings (SSSR count). The van der Waals surface area contributed by atoms with Gasteiger partial charge in [0.2, 0.25) is 0 Å². The molecule has 1 amide bonds. The first-order valence-electron chi connectivity index (χ1n) is 8.65. The summed E-state index contributed by atoms with van der Waals surface area (Å²) in [6.07, 6.45) is 2.47. The van der Waals surface area contributed by atoms with Gasteiger partial charge in [0.25, 0.3) is 5.91 Å². The van der Waals surface area contributed by atoms with Crippen molar-refractivity contribution in [3.05, 3.63) is 65.5 Å². The van der Waals surface area contributed by atoms with E-state index >= 15 is 0 Å². The Labute approximate surface area is 150 Å². The van der Waals surface area contributed by atoms with Gasteiger partial charge >= 0.3 is 0 Å². The van der Waals surface area contributed by atoms with Gasteiger partial charge in [0.05, 0.1) is 6.61 Å². The number of rotatable bonds is 5. The normalized spacial score (nSPS) is 15.1. The monoisotopic (exact) mass is 363 g/mol. The summed E-state index contributed by atoms with van der Waals surface area (Å²) in [6.45, 7) is 1.64. The lowest BCUT2D eigenvalue weighted by atomic mass is 9.93. The van der Waals surface area contributed by atoms with Gasteiger partial charge in [0, 0.05) is 24.7 Å². The minimum atomic E-state index is -1.01. The van der Waals surface area contributed by atoms with Gasteiger partial charge in [-0.15, -0.1) is 0 Å². The molecule has 1 fully saturated rings. The maximum absolute atomic E-state index is 13.3. The molecule has 1 heterocycles. The Morgan fingerprint density at radius 2 is 1.81 bits per heavy atom. The summed E-state index contributed by atoms with van der Waals surface area (Å²) in [4.78, 5) is 14.0. The number of carbonyl (C=O) groups excluding carboxylic acids is 1. The highest BCUT2D eigenvalue weighted by Crippen LogP contribution is 2.23. The fourth-order valence-electron chi connectivity index (χ4n) is 3.14. The Bertz CT molecular complexity index is 773. The molecule has 2 aromatic rings. The minimum absolute atomic E-state index is 0.164. The van der Waals surface area contributed by atoms with Gasteiger partial charge in [-0.05, 0) is 55.5 Å². The van der Waals surface area contributed by atoms with Crippen LogP contribution in [0, 0.1) is 23.4 Å². The van der Waals surface area contributed by atoms with Crippen LogP contribution < -0.4 is 4.74 Å². The van der Waals surface area contributed by atoms with Gasteiger partial charge in [-0.25, -0.2) is 13.2 Å². The van der Waals surface area contributed by atoms with E-state index in [0.717, 1.165) is 31.4 Å². The first kappa shape index (κ1) is 18.3. The van der Waals surface area contributed by atoms with E-state index in [0.29, 0.717) is 31.4 Å². The quantitative estimate of drug-likeness (QED) is 0.787. The van der Waals surface area contributed by atoms with Crippen LogP contribution in [-0.4, -0.2) is 30.5 Å². The average molecular weight is 363 g/mol. The molecule has 26 heavy (non-hydrogen) atoms. The molecule has 0 N–H and O–H groups in total. The molecule has 3 nitrogen and oxygen atoms in total. The second-order valence-electron chi connectivity index (χ2n) is 6.46. The molecule has 0 bridgehead atoms. The second-order valence-corrected chi connectivity index (χ2v) is 6.46. The summed E-state index contributed by atoms with van der Waals surface area (Å²) in [6, 6.07) is 9.25. The number of hydrogen-bond donors (Lipinski definition) is 0. The molecule has 0 saturated carbocycles. The van der Waals surface area contributed by atoms with E-state index in [2.05, 4.69) is 0 Å². The molecule has 0 unspecified atom stereocenters. The van der Waals surface area contributed by atoms with Crippen LogP contribution in [0.15, 0.2) is 42.5 Å². The van der Waals surface area contributed by atoms with Crippen LogP contribution in [0.3, 0.4) is 0 Å². The lowest BCUT2D eigenvalue weighted by molar-refractivity contribution is 0.0679. The predicted octanol–water partition coefficient (Wildman–Crippen LogP) is 4.43. The van der Waals surface area contributed by atoms with E-state index in [-0.39, 0.29) is 17.3 Å². The maximum Gasteiger partial charge on any atom is 0.253 e. The molecular formula is C20H20F3NO2. The molecule has 6 heteroatoms. The van der Waals surface area contributed by atoms with Crippen LogP contribution in [0.1, 0.15) is 29.6 Å². The molecule has 1 saturated heterocycles. The summed E-state index contributed by atoms with van der Waals surface area (Å²) in [5.74, 6) is -1.66. The number of halogens is 3. The molecule has 0 spiro atoms. The first-order valence-corrected chi connectivity index (χ1v) is 8.65. The summed E-state index contributed by atoms with van der Waals surface area (Å²) in [7, 11) is 0. The highest BCUT2D eigenvalue weighted by Gasteiger charge is 2.24. The summed E-state index contributed by atoms with van der Waals surface area (Å²) >= 11 is 0. The summed E-state index contributed by atoms with van der Waals surface area (Å²) in [5.41, 5.74) is 0.164. The summed E-state index contributed by atoms with van der Waals surface area (Å²) in [5, 5.41) is 0. The van der Waals surface area contributed by atoms with Gasteiger partial charge in [-0.3, -0.25) is 4.79 Å². The SMILES string of the molecule is O=C(c1ccc(F)c(F)c1)N1CCC(CCOc2cccc(F)c2)CC1. The van der Waals surface area contributed by atoms with Gasteiger partial charge in [0.1, 0.15) is 11.6 Å². The standard InChI is InChI=1S/C20H20F3NO2/c21-16-2-1-3-17(13-16)26-11-8-14-6-9-24(10-7-14)20(25)15-4-5-18(22)19(23)12-15/h1-5,12-14H,6-11H2. The van der Waals surface area contributed by atoms with Crippen LogP contribution >= 0.6 is 0 Å². The number of carbonyl (C=O) groups is 1. The average Bonchev–Trinajstić information content (AvgIpc) is 2.64. The molecule has 1 aliphatic heterocycles. The summed E-state index contributed by atoms with van der Waals surface area (Å²) < 4.78 is 44.9. The zero-order valence-corrected chi connectivity index (χ0v) is 14.3. The third kappa shape index (κ3) is 4.56. The first-order chi connectivity index (χ1) is 12.5. The van der Waals surface area contributed by atoms with Crippen molar-refractivity contribution in [1.29, 1.82) is 0 Å². The van der Waals surface area contributed by atoms with Crippen molar-refractivity contribution < 1.29 is 22.7 Å². The van der Waals surface area contributed by atoms with E-state index in [1.54, 1.807) is 17.0 Å². The molecule has 138 valence electrons. The van der Waals surface area contributed by atoms with Crippen LogP contribution in [0.4, 0.5) is 13.2 Å². The van der Waals surface area contributed by atoms with Crippen LogP contribution in [0.5, 0.6) is 5.75 Å². The highest BCUT2D eigenvalue weighted by atomic mass is 19.2. The number of ether oxygens (including phenoxy) is 1. The lowest BCUT2D eigenvalue weighted by Crippen LogP contribution is -2.38. The van der Waals surface area contributed by atoms with Crippen molar-refractivity contribution in [3.8, 4) is 5.75 Å². The largest absolute Gasteiger partial charge is 0.493 e. The molecule has 0 aromatic heterocycles. The second kappa shape index (κ2) is 8.25. The van der Waals surface area contributed by atoms with Crippen LogP contribution in [0.25, 0.3) is 0 Å². The van der Waals surface area contributed by atoms with Crippen molar-refractivity contribution in [3.63, 3.8) is 0 Å². The minimum Gasteiger partial charge on any atom is -0.493 e. The third-order valence-corrected chi connectivity index (χ3v) is 4.66. The molecule has 0 radical (unpaired) electrons. The van der Waals surface area contributed by atoms with Crippen LogP contribution in [0.2, 0.25) is 0 Å². The van der Waals surface area contributed by atoms with Crippen molar-refractivity contribution in [2.45, 2.75) is 19.3 Å². The van der Waals surface area contributed by atoms with Crippen molar-refractivity contribution in [2.75, 3.05) is 19.7 Å². The van der Waals surface area contributed by atoms with Crippen molar-refractivity contribution >= 4 is 5.91 Å². The van der Waals surface area contributed by atoms with Crippen molar-refractivity contribution in [2.24, 2.45) is 5.92 Å². The predicted molar refractivity (Wildman–Crippen MR) is 91.5 cm³/mol. The van der Waals surface area contributed by atoms with Crippen molar-refractivity contribution in [1.82, 2.24) is 4.90 Å². The Kier molecular flexibility index (Phi) is 5.81. The Morgan fingerprint density at radius 3 is 2.50 bits per heavy atom. The van der Waals surface area contributed by atoms with E-state index in [1.165, 1.54) is 18.2 Å². The topological polar surface area (TPSA) is 29.5 Å². The van der Waals surface area contributed by atoms with E-state index < -0.39 is 11.6 Å². The smallest absolute Gasteiger partial charge is 0.253 e. The maximum atomic E-state index is 13.3. The molecule has 0 aliphatic carbocycles. The van der Waals surface area contributed by atoms with E-state index in [9.17, 15) is 18.0 Å². The zero-order valence-electron chi connectivity index (χ0n) is 14.3. The van der Waals surface area contributed by atoms with Gasteiger partial charge in [-0.1, -0.05) is 6.07 Å². The van der Waals surface area contributed by atoms with Gasteiger partial charge in [-0.2, -0.15) is 0 Å². The molecule has 2 aromatic carbocycles. The number of benzene rings is 2. The highest BCUT2D eigenvalue weighted by molar-refractivity contribution is 5.94. The number of amides is 1. The molecule has 0 atom stereocenters. The number of nitrogens with zero attached hydrogens (tertiary/aromatic N) is 1. The zero-order chi connectivity index (χ0) is 18.5. The van der Waals surface area contributed by atoms with Crippen LogP contribution in [-0.2, 0) is 0 Å². The number of piperidine rings is 1. The van der Waals surface area contributed by atoms with Gasteiger partial charge < -0.3 is 9.64 Å². The fourth-order valence-corrected chi connectivity index (χ4v) is 3.14. The van der Waals surface area contributed by atoms with E-state index in [4.69, 9.17) is 4.74 Å². The Hall–Kier alpha value is -2.50. The number of hydrogen-bond acceptors (Lipinski definition) is 2. The fraction of sp³-hybridized carbons (Fsp3) is 0.350. The Morgan fingerprint density at radius 1 is 1.04 bits per heavy atom. The van der Waals surface area contributed by atoms with E-state index in [1.807, 2.05) is 0 Å². The Balaban J connectivity index is 1.45. The lowest BCUT2D eigenvalue weighted by Gasteiger charge is -2.32. The van der Waals surface area contributed by atoms with Gasteiger partial charge in [0.15, 0.2) is 11.6 Å².